The maximum absolute atomic E-state index is 12.5. The van der Waals surface area contributed by atoms with Gasteiger partial charge in [0, 0.05) is 7.11 Å². The Morgan fingerprint density at radius 1 is 1.00 bits per heavy atom. The van der Waals surface area contributed by atoms with Gasteiger partial charge >= 0.3 is 18.4 Å². The fourth-order valence-electron chi connectivity index (χ4n) is 3.62. The molecule has 33 heavy (non-hydrogen) atoms. The summed E-state index contributed by atoms with van der Waals surface area (Å²) in [6, 6.07) is 11.7. The molecule has 10 heteroatoms. The Bertz CT molecular complexity index is 905. The first-order valence-electron chi connectivity index (χ1n) is 10.00. The number of carbonyl (C=O) groups excluding carboxylic acids is 1. The van der Waals surface area contributed by atoms with Gasteiger partial charge in [0.2, 0.25) is 0 Å². The van der Waals surface area contributed by atoms with Crippen LogP contribution in [0.1, 0.15) is 61.0 Å². The SMILES string of the molecule is CC1(OC(N)=O)CC(c2ccccc2)C1.CO[C@H](C)c1cc(C(F)(F)F)cc(C(F)(F)F)c1. The van der Waals surface area contributed by atoms with Gasteiger partial charge in [-0.25, -0.2) is 4.79 Å². The average molecular weight is 477 g/mol. The molecule has 1 fully saturated rings. The van der Waals surface area contributed by atoms with Crippen molar-refractivity contribution in [1.82, 2.24) is 0 Å². The quantitative estimate of drug-likeness (QED) is 0.490. The number of nitrogens with two attached hydrogens (primary N) is 1. The number of alkyl halides is 6. The lowest BCUT2D eigenvalue weighted by Crippen LogP contribution is -2.44. The normalized spacial score (nSPS) is 21.3. The van der Waals surface area contributed by atoms with E-state index >= 15 is 0 Å². The highest BCUT2D eigenvalue weighted by Gasteiger charge is 2.43. The molecule has 1 atom stereocenters. The largest absolute Gasteiger partial charge is 0.443 e. The fraction of sp³-hybridized carbons (Fsp3) is 0.435. The summed E-state index contributed by atoms with van der Waals surface area (Å²) in [5.74, 6) is 0.496. The summed E-state index contributed by atoms with van der Waals surface area (Å²) >= 11 is 0. The van der Waals surface area contributed by atoms with Crippen LogP contribution in [0.15, 0.2) is 48.5 Å². The van der Waals surface area contributed by atoms with Crippen molar-refractivity contribution in [1.29, 1.82) is 0 Å². The molecule has 3 rings (SSSR count). The molecule has 0 aromatic heterocycles. The first-order chi connectivity index (χ1) is 15.1. The molecule has 0 heterocycles. The predicted octanol–water partition coefficient (Wildman–Crippen LogP) is 6.85. The fourth-order valence-corrected chi connectivity index (χ4v) is 3.62. The molecule has 0 aliphatic heterocycles. The number of methoxy groups -OCH3 is 1. The van der Waals surface area contributed by atoms with Gasteiger partial charge in [0.1, 0.15) is 5.60 Å². The second-order valence-corrected chi connectivity index (χ2v) is 8.10. The van der Waals surface area contributed by atoms with E-state index in [-0.39, 0.29) is 17.2 Å². The van der Waals surface area contributed by atoms with Crippen molar-refractivity contribution < 1.29 is 40.6 Å². The Morgan fingerprint density at radius 3 is 1.88 bits per heavy atom. The first-order valence-corrected chi connectivity index (χ1v) is 10.00. The van der Waals surface area contributed by atoms with Crippen LogP contribution >= 0.6 is 0 Å². The van der Waals surface area contributed by atoms with Crippen LogP contribution in [0, 0.1) is 0 Å². The van der Waals surface area contributed by atoms with Gasteiger partial charge in [-0.2, -0.15) is 26.3 Å². The zero-order chi connectivity index (χ0) is 25.0. The van der Waals surface area contributed by atoms with Gasteiger partial charge in [0.25, 0.3) is 0 Å². The molecular formula is C23H25F6NO3. The summed E-state index contributed by atoms with van der Waals surface area (Å²) in [4.78, 5) is 10.7. The molecule has 182 valence electrons. The Kier molecular flexibility index (Phi) is 8.05. The van der Waals surface area contributed by atoms with Crippen LogP contribution in [0.4, 0.5) is 31.1 Å². The number of primary amides is 1. The Morgan fingerprint density at radius 2 is 1.48 bits per heavy atom. The Balaban J connectivity index is 0.000000237. The second kappa shape index (κ2) is 10.0. The third kappa shape index (κ3) is 7.38. The monoisotopic (exact) mass is 477 g/mol. The summed E-state index contributed by atoms with van der Waals surface area (Å²) in [5, 5.41) is 0. The van der Waals surface area contributed by atoms with E-state index in [0.717, 1.165) is 12.8 Å². The minimum atomic E-state index is -4.83. The maximum atomic E-state index is 12.5. The third-order valence-corrected chi connectivity index (χ3v) is 5.41. The standard InChI is InChI=1S/C12H15NO2.C11H10F6O/c1-12(15-11(13)14)7-10(8-12)9-5-3-2-4-6-9;1-6(18-2)7-3-8(10(12,13)14)5-9(4-7)11(15,16)17/h2-6,10H,7-8H2,1H3,(H2,13,14);3-6H,1-2H3/t;6-/m.1/s1. The van der Waals surface area contributed by atoms with Crippen LogP contribution in [0.2, 0.25) is 0 Å². The second-order valence-electron chi connectivity index (χ2n) is 8.10. The van der Waals surface area contributed by atoms with Gasteiger partial charge in [0.15, 0.2) is 0 Å². The zero-order valence-electron chi connectivity index (χ0n) is 18.3. The van der Waals surface area contributed by atoms with E-state index in [4.69, 9.17) is 15.2 Å². The third-order valence-electron chi connectivity index (χ3n) is 5.41. The number of hydrogen-bond acceptors (Lipinski definition) is 3. The van der Waals surface area contributed by atoms with Crippen molar-refractivity contribution in [2.24, 2.45) is 5.73 Å². The van der Waals surface area contributed by atoms with Gasteiger partial charge in [-0.1, -0.05) is 30.3 Å². The summed E-state index contributed by atoms with van der Waals surface area (Å²) in [6.45, 7) is 3.30. The lowest BCUT2D eigenvalue weighted by atomic mass is 9.69. The maximum Gasteiger partial charge on any atom is 0.416 e. The molecule has 0 saturated heterocycles. The van der Waals surface area contributed by atoms with E-state index in [9.17, 15) is 31.1 Å². The Labute approximate surface area is 187 Å². The molecule has 1 aliphatic rings. The van der Waals surface area contributed by atoms with Gasteiger partial charge in [-0.05, 0) is 61.9 Å². The van der Waals surface area contributed by atoms with E-state index in [1.165, 1.54) is 19.6 Å². The van der Waals surface area contributed by atoms with Crippen molar-refractivity contribution in [3.8, 4) is 0 Å². The minimum Gasteiger partial charge on any atom is -0.443 e. The molecule has 2 N–H and O–H groups in total. The average Bonchev–Trinajstić information content (AvgIpc) is 2.70. The molecule has 2 aromatic rings. The molecule has 4 nitrogen and oxygen atoms in total. The summed E-state index contributed by atoms with van der Waals surface area (Å²) in [7, 11) is 1.21. The molecular weight excluding hydrogens is 452 g/mol. The molecule has 1 aliphatic carbocycles. The van der Waals surface area contributed by atoms with Gasteiger partial charge in [-0.3, -0.25) is 0 Å². The van der Waals surface area contributed by atoms with Crippen molar-refractivity contribution in [2.75, 3.05) is 7.11 Å². The van der Waals surface area contributed by atoms with E-state index in [2.05, 4.69) is 12.1 Å². The van der Waals surface area contributed by atoms with Crippen LogP contribution in [0.5, 0.6) is 0 Å². The van der Waals surface area contributed by atoms with Crippen molar-refractivity contribution in [3.05, 3.63) is 70.8 Å². The topological polar surface area (TPSA) is 61.5 Å². The highest BCUT2D eigenvalue weighted by molar-refractivity contribution is 5.65. The number of halogens is 6. The molecule has 0 spiro atoms. The molecule has 0 bridgehead atoms. The number of carbonyl (C=O) groups is 1. The van der Waals surface area contributed by atoms with Crippen LogP contribution in [-0.4, -0.2) is 18.8 Å². The number of rotatable bonds is 4. The summed E-state index contributed by atoms with van der Waals surface area (Å²) < 4.78 is 84.8. The van der Waals surface area contributed by atoms with E-state index in [1.807, 2.05) is 25.1 Å². The number of hydrogen-bond donors (Lipinski definition) is 1. The highest BCUT2D eigenvalue weighted by Crippen LogP contribution is 2.46. The molecule has 2 aromatic carbocycles. The van der Waals surface area contributed by atoms with Crippen LogP contribution in [-0.2, 0) is 21.8 Å². The predicted molar refractivity (Wildman–Crippen MR) is 109 cm³/mol. The zero-order valence-corrected chi connectivity index (χ0v) is 18.3. The molecule has 0 unspecified atom stereocenters. The van der Waals surface area contributed by atoms with E-state index in [1.54, 1.807) is 0 Å². The number of amides is 1. The van der Waals surface area contributed by atoms with Gasteiger partial charge < -0.3 is 15.2 Å². The van der Waals surface area contributed by atoms with Gasteiger partial charge in [0.05, 0.1) is 17.2 Å². The smallest absolute Gasteiger partial charge is 0.416 e. The summed E-state index contributed by atoms with van der Waals surface area (Å²) in [6.07, 6.45) is -9.47. The lowest BCUT2D eigenvalue weighted by Gasteiger charge is -2.44. The van der Waals surface area contributed by atoms with Crippen molar-refractivity contribution in [3.63, 3.8) is 0 Å². The number of benzene rings is 2. The summed E-state index contributed by atoms with van der Waals surface area (Å²) in [5.41, 5.74) is 3.12. The highest BCUT2D eigenvalue weighted by atomic mass is 19.4. The first kappa shape index (κ1) is 26.5. The van der Waals surface area contributed by atoms with Crippen LogP contribution < -0.4 is 5.73 Å². The molecule has 1 saturated carbocycles. The molecule has 1 amide bonds. The minimum absolute atomic E-state index is 0.0892. The van der Waals surface area contributed by atoms with Crippen LogP contribution in [0.25, 0.3) is 0 Å². The van der Waals surface area contributed by atoms with Gasteiger partial charge in [-0.15, -0.1) is 0 Å². The lowest BCUT2D eigenvalue weighted by molar-refractivity contribution is -0.143. The van der Waals surface area contributed by atoms with Crippen LogP contribution in [0.3, 0.4) is 0 Å². The number of ether oxygens (including phenoxy) is 2. The van der Waals surface area contributed by atoms with Crippen molar-refractivity contribution in [2.45, 2.75) is 56.7 Å². The van der Waals surface area contributed by atoms with E-state index in [0.29, 0.717) is 18.1 Å². The Hall–Kier alpha value is -2.75. The van der Waals surface area contributed by atoms with Crippen molar-refractivity contribution >= 4 is 6.09 Å². The van der Waals surface area contributed by atoms with E-state index < -0.39 is 35.7 Å². The molecule has 0 radical (unpaired) electrons.